The van der Waals surface area contributed by atoms with Gasteiger partial charge in [-0.15, -0.1) is 0 Å². The van der Waals surface area contributed by atoms with Crippen LogP contribution in [-0.2, 0) is 14.2 Å². The minimum Gasteiger partial charge on any atom is -0.394 e. The molecule has 148 valence electrons. The Bertz CT molecular complexity index is 439. The Morgan fingerprint density at radius 3 is 1.88 bits per heavy atom. The molecule has 2 aliphatic heterocycles. The van der Waals surface area contributed by atoms with E-state index in [0.717, 1.165) is 0 Å². The summed E-state index contributed by atoms with van der Waals surface area (Å²) in [6.45, 7) is -0.785. The molecule has 2 heterocycles. The average molecular weight is 374 g/mol. The summed E-state index contributed by atoms with van der Waals surface area (Å²) >= 11 is 0. The molecule has 0 radical (unpaired) electrons. The molecule has 2 saturated heterocycles. The van der Waals surface area contributed by atoms with Crippen molar-refractivity contribution in [1.29, 1.82) is 0 Å². The van der Waals surface area contributed by atoms with Crippen LogP contribution in [0.2, 0.25) is 0 Å². The first kappa shape index (κ1) is 20.8. The SMILES string of the molecule is OC[C@H]1O[C@@H](O)[C@H](O)[C@@H](O)[C@@H]1O[C@@H]1O[C@H](C(O)(O)O)[C@@H](O)[C@H](O)[C@H]1O. The number of hydrogen-bond donors (Lipinski definition) is 10. The van der Waals surface area contributed by atoms with Gasteiger partial charge in [0.25, 0.3) is 0 Å². The summed E-state index contributed by atoms with van der Waals surface area (Å²) in [5.74, 6) is -3.60. The van der Waals surface area contributed by atoms with Crippen LogP contribution in [0.4, 0.5) is 0 Å². The minimum atomic E-state index is -3.60. The molecule has 0 aromatic rings. The molecular weight excluding hydrogens is 352 g/mol. The van der Waals surface area contributed by atoms with Gasteiger partial charge < -0.3 is 65.3 Å². The molecule has 0 spiro atoms. The van der Waals surface area contributed by atoms with Gasteiger partial charge in [-0.3, -0.25) is 0 Å². The summed E-state index contributed by atoms with van der Waals surface area (Å²) in [6, 6.07) is 0. The third kappa shape index (κ3) is 4.09. The largest absolute Gasteiger partial charge is 0.394 e. The molecule has 10 atom stereocenters. The fourth-order valence-corrected chi connectivity index (χ4v) is 2.67. The van der Waals surface area contributed by atoms with Crippen LogP contribution in [0, 0.1) is 0 Å². The maximum Gasteiger partial charge on any atom is 0.306 e. The monoisotopic (exact) mass is 374 g/mol. The van der Waals surface area contributed by atoms with Gasteiger partial charge in [0, 0.05) is 0 Å². The predicted molar refractivity (Wildman–Crippen MR) is 70.9 cm³/mol. The number of hydrogen-bond acceptors (Lipinski definition) is 13. The molecule has 0 saturated carbocycles. The lowest BCUT2D eigenvalue weighted by Crippen LogP contribution is -2.67. The molecule has 2 fully saturated rings. The lowest BCUT2D eigenvalue weighted by Gasteiger charge is -2.46. The van der Waals surface area contributed by atoms with Gasteiger partial charge in [0.2, 0.25) is 0 Å². The Balaban J connectivity index is 2.18. The van der Waals surface area contributed by atoms with Gasteiger partial charge in [0.1, 0.15) is 42.7 Å². The normalized spacial score (nSPS) is 49.2. The van der Waals surface area contributed by atoms with E-state index in [0.29, 0.717) is 0 Å². The quantitative estimate of drug-likeness (QED) is 0.206. The lowest BCUT2D eigenvalue weighted by atomic mass is 9.96. The van der Waals surface area contributed by atoms with Crippen LogP contribution >= 0.6 is 0 Å². The van der Waals surface area contributed by atoms with E-state index in [1.807, 2.05) is 0 Å². The van der Waals surface area contributed by atoms with E-state index in [-0.39, 0.29) is 0 Å². The predicted octanol–water partition coefficient (Wildman–Crippen LogP) is -6.76. The second kappa shape index (κ2) is 7.61. The molecule has 0 unspecified atom stereocenters. The highest BCUT2D eigenvalue weighted by Crippen LogP contribution is 2.30. The van der Waals surface area contributed by atoms with Gasteiger partial charge in [0.05, 0.1) is 6.61 Å². The topological polar surface area (TPSA) is 230 Å². The van der Waals surface area contributed by atoms with Crippen LogP contribution in [0.25, 0.3) is 0 Å². The van der Waals surface area contributed by atoms with E-state index in [1.165, 1.54) is 0 Å². The van der Waals surface area contributed by atoms with Gasteiger partial charge >= 0.3 is 5.97 Å². The van der Waals surface area contributed by atoms with E-state index in [2.05, 4.69) is 0 Å². The highest BCUT2D eigenvalue weighted by atomic mass is 16.8. The van der Waals surface area contributed by atoms with Crippen LogP contribution < -0.4 is 0 Å². The van der Waals surface area contributed by atoms with Crippen molar-refractivity contribution in [3.05, 3.63) is 0 Å². The standard InChI is InChI=1S/C12H22O13/c13-1-2-8(4(15)6(17)10(19)23-2)24-11-7(18)3(14)5(16)9(25-11)12(20,21)22/h2-11,13-22H,1H2/t2-,3+,4-,5+,6-,7-,8-,9+,10-,11-/m1/s1. The minimum absolute atomic E-state index is 0.785. The second-order valence-corrected chi connectivity index (χ2v) is 5.91. The van der Waals surface area contributed by atoms with Crippen molar-refractivity contribution in [3.8, 4) is 0 Å². The Hall–Kier alpha value is -0.520. The summed E-state index contributed by atoms with van der Waals surface area (Å²) in [5, 5.41) is 94.9. The Kier molecular flexibility index (Phi) is 6.33. The van der Waals surface area contributed by atoms with Gasteiger partial charge in [-0.1, -0.05) is 0 Å². The van der Waals surface area contributed by atoms with Crippen molar-refractivity contribution < 1.29 is 65.3 Å². The maximum atomic E-state index is 9.95. The summed E-state index contributed by atoms with van der Waals surface area (Å²) < 4.78 is 14.8. The van der Waals surface area contributed by atoms with E-state index in [4.69, 9.17) is 29.5 Å². The summed E-state index contributed by atoms with van der Waals surface area (Å²) in [5.41, 5.74) is 0. The fraction of sp³-hybridized carbons (Fsp3) is 1.00. The summed E-state index contributed by atoms with van der Waals surface area (Å²) in [4.78, 5) is 0. The molecule has 10 N–H and O–H groups in total. The van der Waals surface area contributed by atoms with E-state index in [1.54, 1.807) is 0 Å². The van der Waals surface area contributed by atoms with E-state index >= 15 is 0 Å². The molecule has 0 bridgehead atoms. The van der Waals surface area contributed by atoms with Gasteiger partial charge in [0.15, 0.2) is 18.7 Å². The molecule has 2 aliphatic rings. The molecule has 2 rings (SSSR count). The number of ether oxygens (including phenoxy) is 3. The van der Waals surface area contributed by atoms with Crippen molar-refractivity contribution in [2.24, 2.45) is 0 Å². The van der Waals surface area contributed by atoms with Crippen LogP contribution in [-0.4, -0.2) is 125 Å². The molecule has 13 nitrogen and oxygen atoms in total. The highest BCUT2D eigenvalue weighted by Gasteiger charge is 2.54. The van der Waals surface area contributed by atoms with E-state index < -0.39 is 74.0 Å². The lowest BCUT2D eigenvalue weighted by molar-refractivity contribution is -0.427. The molecule has 13 heteroatoms. The zero-order chi connectivity index (χ0) is 19.1. The number of aliphatic hydroxyl groups is 10. The third-order valence-corrected chi connectivity index (χ3v) is 4.08. The van der Waals surface area contributed by atoms with Crippen molar-refractivity contribution in [1.82, 2.24) is 0 Å². The van der Waals surface area contributed by atoms with Gasteiger partial charge in [-0.25, -0.2) is 0 Å². The van der Waals surface area contributed by atoms with Crippen LogP contribution in [0.5, 0.6) is 0 Å². The molecule has 0 aromatic heterocycles. The van der Waals surface area contributed by atoms with Crippen molar-refractivity contribution in [3.63, 3.8) is 0 Å². The van der Waals surface area contributed by atoms with Crippen LogP contribution in [0.3, 0.4) is 0 Å². The summed E-state index contributed by atoms with van der Waals surface area (Å²) in [7, 11) is 0. The average Bonchev–Trinajstić information content (AvgIpc) is 2.53. The van der Waals surface area contributed by atoms with Gasteiger partial charge in [-0.05, 0) is 0 Å². The van der Waals surface area contributed by atoms with E-state index in [9.17, 15) is 35.7 Å². The smallest absolute Gasteiger partial charge is 0.306 e. The van der Waals surface area contributed by atoms with Crippen molar-refractivity contribution in [2.75, 3.05) is 6.61 Å². The summed E-state index contributed by atoms with van der Waals surface area (Å²) in [6.07, 6.45) is -18.7. The number of rotatable bonds is 4. The molecule has 0 aromatic carbocycles. The van der Waals surface area contributed by atoms with Gasteiger partial charge in [-0.2, -0.15) is 0 Å². The molecule has 25 heavy (non-hydrogen) atoms. The third-order valence-electron chi connectivity index (χ3n) is 4.08. The fourth-order valence-electron chi connectivity index (χ4n) is 2.67. The zero-order valence-corrected chi connectivity index (χ0v) is 12.7. The number of aliphatic hydroxyl groups excluding tert-OH is 7. The highest BCUT2D eigenvalue weighted by molar-refractivity contribution is 4.95. The van der Waals surface area contributed by atoms with Crippen molar-refractivity contribution in [2.45, 2.75) is 67.4 Å². The maximum absolute atomic E-state index is 9.95. The Morgan fingerprint density at radius 2 is 1.36 bits per heavy atom. The zero-order valence-electron chi connectivity index (χ0n) is 12.7. The first-order valence-corrected chi connectivity index (χ1v) is 7.31. The Labute approximate surface area is 140 Å². The first-order valence-electron chi connectivity index (χ1n) is 7.31. The molecular formula is C12H22O13. The molecule has 0 amide bonds. The van der Waals surface area contributed by atoms with Crippen LogP contribution in [0.15, 0.2) is 0 Å². The van der Waals surface area contributed by atoms with Crippen LogP contribution in [0.1, 0.15) is 0 Å². The second-order valence-electron chi connectivity index (χ2n) is 5.91. The molecule has 0 aliphatic carbocycles. The Morgan fingerprint density at radius 1 is 0.760 bits per heavy atom. The van der Waals surface area contributed by atoms with Crippen molar-refractivity contribution >= 4 is 0 Å². The first-order chi connectivity index (χ1) is 11.5.